The molecule has 1 heterocycles. The van der Waals surface area contributed by atoms with Crippen LogP contribution in [0.2, 0.25) is 5.02 Å². The smallest absolute Gasteiger partial charge is 0.313 e. The number of hydrogen-bond donors (Lipinski definition) is 1. The Bertz CT molecular complexity index is 1180. The van der Waals surface area contributed by atoms with Gasteiger partial charge in [-0.05, 0) is 29.8 Å². The highest BCUT2D eigenvalue weighted by atomic mass is 35.5. The van der Waals surface area contributed by atoms with Crippen LogP contribution < -0.4 is 14.9 Å². The van der Waals surface area contributed by atoms with Crippen molar-refractivity contribution < 1.29 is 14.4 Å². The van der Waals surface area contributed by atoms with Crippen LogP contribution in [0.4, 0.5) is 11.5 Å². The van der Waals surface area contributed by atoms with Crippen LogP contribution in [0.15, 0.2) is 59.8 Å². The van der Waals surface area contributed by atoms with Gasteiger partial charge < -0.3 is 9.47 Å². The minimum absolute atomic E-state index is 0.0120. The summed E-state index contributed by atoms with van der Waals surface area (Å²) in [6.07, 6.45) is 2.84. The van der Waals surface area contributed by atoms with Gasteiger partial charge in [-0.3, -0.25) is 15.5 Å². The molecule has 0 aliphatic heterocycles. The van der Waals surface area contributed by atoms with Crippen molar-refractivity contribution >= 4 is 29.3 Å². The van der Waals surface area contributed by atoms with Gasteiger partial charge in [-0.25, -0.2) is 4.98 Å². The van der Waals surface area contributed by atoms with Crippen LogP contribution in [0.3, 0.4) is 0 Å². The molecule has 0 atom stereocenters. The Morgan fingerprint density at radius 2 is 2.13 bits per heavy atom. The summed E-state index contributed by atoms with van der Waals surface area (Å²) in [7, 11) is 1.47. The van der Waals surface area contributed by atoms with Gasteiger partial charge in [0, 0.05) is 17.8 Å². The van der Waals surface area contributed by atoms with Crippen LogP contribution in [0, 0.1) is 21.4 Å². The number of nitriles is 1. The van der Waals surface area contributed by atoms with E-state index in [0.29, 0.717) is 22.6 Å². The summed E-state index contributed by atoms with van der Waals surface area (Å²) in [5, 5.41) is 24.5. The first-order chi connectivity index (χ1) is 15.0. The summed E-state index contributed by atoms with van der Waals surface area (Å²) in [5.41, 5.74) is 4.14. The molecular weight excluding hydrogens is 422 g/mol. The monoisotopic (exact) mass is 437 g/mol. The molecule has 0 unspecified atom stereocenters. The number of nitrogens with one attached hydrogen (secondary N) is 1. The van der Waals surface area contributed by atoms with Crippen LogP contribution in [0.5, 0.6) is 11.5 Å². The molecule has 3 rings (SSSR count). The predicted octanol–water partition coefficient (Wildman–Crippen LogP) is 4.55. The molecule has 3 aromatic rings. The molecule has 2 aromatic carbocycles. The molecule has 0 saturated heterocycles. The molecule has 0 saturated carbocycles. The summed E-state index contributed by atoms with van der Waals surface area (Å²) in [4.78, 5) is 14.4. The summed E-state index contributed by atoms with van der Waals surface area (Å²) < 4.78 is 11.2. The highest BCUT2D eigenvalue weighted by Crippen LogP contribution is 2.36. The fraction of sp³-hybridized carbons (Fsp3) is 0.0952. The molecule has 0 aliphatic rings. The van der Waals surface area contributed by atoms with Gasteiger partial charge in [-0.2, -0.15) is 10.4 Å². The van der Waals surface area contributed by atoms with E-state index in [2.05, 4.69) is 21.6 Å². The topological polar surface area (TPSA) is 123 Å². The van der Waals surface area contributed by atoms with Crippen molar-refractivity contribution in [3.63, 3.8) is 0 Å². The molecule has 156 valence electrons. The first-order valence-corrected chi connectivity index (χ1v) is 9.28. The van der Waals surface area contributed by atoms with Gasteiger partial charge in [0.05, 0.1) is 34.9 Å². The average Bonchev–Trinajstić information content (AvgIpc) is 2.78. The first-order valence-electron chi connectivity index (χ1n) is 8.90. The van der Waals surface area contributed by atoms with Crippen molar-refractivity contribution in [3.8, 4) is 17.6 Å². The quantitative estimate of drug-likeness (QED) is 0.311. The van der Waals surface area contributed by atoms with Crippen molar-refractivity contribution in [2.24, 2.45) is 5.10 Å². The number of methoxy groups -OCH3 is 1. The minimum Gasteiger partial charge on any atom is -0.493 e. The lowest BCUT2D eigenvalue weighted by atomic mass is 10.1. The number of benzene rings is 2. The highest BCUT2D eigenvalue weighted by molar-refractivity contribution is 6.32. The Hall–Kier alpha value is -4.16. The number of hydrazone groups is 1. The maximum Gasteiger partial charge on any atom is 0.313 e. The first kappa shape index (κ1) is 21.5. The molecule has 0 aliphatic carbocycles. The summed E-state index contributed by atoms with van der Waals surface area (Å²) in [6.45, 7) is 0.137. The molecule has 0 bridgehead atoms. The zero-order valence-corrected chi connectivity index (χ0v) is 17.0. The fourth-order valence-electron chi connectivity index (χ4n) is 2.66. The normalized spacial score (nSPS) is 10.5. The second-order valence-corrected chi connectivity index (χ2v) is 6.50. The zero-order chi connectivity index (χ0) is 22.2. The largest absolute Gasteiger partial charge is 0.493 e. The molecule has 0 fully saturated rings. The molecule has 9 nitrogen and oxygen atoms in total. The molecular formula is C21H16ClN5O4. The number of halogens is 1. The molecule has 10 heteroatoms. The van der Waals surface area contributed by atoms with E-state index in [0.717, 1.165) is 5.56 Å². The number of ether oxygens (including phenoxy) is 2. The second kappa shape index (κ2) is 10.0. The molecule has 1 N–H and O–H groups in total. The van der Waals surface area contributed by atoms with E-state index in [1.54, 1.807) is 30.3 Å². The second-order valence-electron chi connectivity index (χ2n) is 6.09. The van der Waals surface area contributed by atoms with Crippen molar-refractivity contribution in [3.05, 3.63) is 86.6 Å². The minimum atomic E-state index is -0.554. The number of anilines is 1. The SMILES string of the molecule is COc1cc(/C=N\Nc2ncccc2[N+](=O)[O-])cc(Cl)c1OCc1ccccc1C#N. The van der Waals surface area contributed by atoms with E-state index >= 15 is 0 Å². The van der Waals surface area contributed by atoms with Crippen LogP contribution >= 0.6 is 11.6 Å². The number of rotatable bonds is 8. The van der Waals surface area contributed by atoms with Crippen LogP contribution in [-0.2, 0) is 6.61 Å². The Balaban J connectivity index is 1.77. The van der Waals surface area contributed by atoms with Gasteiger partial charge in [-0.15, -0.1) is 0 Å². The van der Waals surface area contributed by atoms with E-state index in [9.17, 15) is 15.4 Å². The number of aromatic nitrogens is 1. The third-order valence-corrected chi connectivity index (χ3v) is 4.41. The molecule has 1 aromatic heterocycles. The van der Waals surface area contributed by atoms with Crippen molar-refractivity contribution in [1.82, 2.24) is 4.98 Å². The lowest BCUT2D eigenvalue weighted by Crippen LogP contribution is -2.02. The Morgan fingerprint density at radius 1 is 1.32 bits per heavy atom. The number of nitrogens with zero attached hydrogens (tertiary/aromatic N) is 4. The van der Waals surface area contributed by atoms with Gasteiger partial charge in [0.15, 0.2) is 11.5 Å². The van der Waals surface area contributed by atoms with Gasteiger partial charge in [0.1, 0.15) is 6.61 Å². The summed E-state index contributed by atoms with van der Waals surface area (Å²) in [5.74, 6) is 0.701. The van der Waals surface area contributed by atoms with E-state index in [-0.39, 0.29) is 23.1 Å². The molecule has 0 spiro atoms. The van der Waals surface area contributed by atoms with E-state index in [4.69, 9.17) is 21.1 Å². The molecule has 0 radical (unpaired) electrons. The van der Waals surface area contributed by atoms with Crippen molar-refractivity contribution in [2.45, 2.75) is 6.61 Å². The van der Waals surface area contributed by atoms with Gasteiger partial charge in [-0.1, -0.05) is 29.8 Å². The summed E-state index contributed by atoms with van der Waals surface area (Å²) in [6, 6.07) is 15.2. The van der Waals surface area contributed by atoms with E-state index in [1.165, 1.54) is 31.7 Å². The third-order valence-electron chi connectivity index (χ3n) is 4.13. The molecule has 0 amide bonds. The Morgan fingerprint density at radius 3 is 2.87 bits per heavy atom. The van der Waals surface area contributed by atoms with E-state index < -0.39 is 4.92 Å². The van der Waals surface area contributed by atoms with Gasteiger partial charge in [0.2, 0.25) is 5.82 Å². The van der Waals surface area contributed by atoms with Crippen molar-refractivity contribution in [1.29, 1.82) is 5.26 Å². The molecule has 31 heavy (non-hydrogen) atoms. The third kappa shape index (κ3) is 5.26. The lowest BCUT2D eigenvalue weighted by Gasteiger charge is -2.14. The van der Waals surface area contributed by atoms with E-state index in [1.807, 2.05) is 6.07 Å². The van der Waals surface area contributed by atoms with Crippen molar-refractivity contribution in [2.75, 3.05) is 12.5 Å². The van der Waals surface area contributed by atoms with Gasteiger partial charge >= 0.3 is 5.69 Å². The van der Waals surface area contributed by atoms with Crippen LogP contribution in [-0.4, -0.2) is 23.2 Å². The average molecular weight is 438 g/mol. The van der Waals surface area contributed by atoms with Gasteiger partial charge in [0.25, 0.3) is 0 Å². The highest BCUT2D eigenvalue weighted by Gasteiger charge is 2.14. The Labute approximate surface area is 182 Å². The van der Waals surface area contributed by atoms with Crippen LogP contribution in [0.25, 0.3) is 0 Å². The standard InChI is InChI=1S/C21H16ClN5O4/c1-30-19-10-14(12-25-26-21-18(27(28)29)7-4-8-24-21)9-17(22)20(19)31-13-16-6-3-2-5-15(16)11-23/h2-10,12H,13H2,1H3,(H,24,26)/b25-12-. The predicted molar refractivity (Wildman–Crippen MR) is 116 cm³/mol. The maximum absolute atomic E-state index is 11.0. The van der Waals surface area contributed by atoms with Crippen LogP contribution in [0.1, 0.15) is 16.7 Å². The maximum atomic E-state index is 11.0. The number of pyridine rings is 1. The Kier molecular flexibility index (Phi) is 6.98. The zero-order valence-electron chi connectivity index (χ0n) is 16.3. The number of hydrogen-bond acceptors (Lipinski definition) is 8. The summed E-state index contributed by atoms with van der Waals surface area (Å²) >= 11 is 6.36. The fourth-order valence-corrected chi connectivity index (χ4v) is 2.93. The number of nitro groups is 1. The lowest BCUT2D eigenvalue weighted by molar-refractivity contribution is -0.384.